The van der Waals surface area contributed by atoms with Gasteiger partial charge in [0.05, 0.1) is 10.2 Å². The van der Waals surface area contributed by atoms with Crippen molar-refractivity contribution in [1.82, 2.24) is 9.80 Å². The van der Waals surface area contributed by atoms with Gasteiger partial charge in [-0.15, -0.1) is 0 Å². The van der Waals surface area contributed by atoms with Crippen molar-refractivity contribution in [2.45, 2.75) is 13.5 Å². The second kappa shape index (κ2) is 10.3. The number of carbonyl (C=O) groups is 2. The summed E-state index contributed by atoms with van der Waals surface area (Å²) in [4.78, 5) is 27.8. The van der Waals surface area contributed by atoms with Gasteiger partial charge in [-0.05, 0) is 106 Å². The fourth-order valence-corrected chi connectivity index (χ4v) is 4.26. The largest absolute Gasteiger partial charge is 0.490 e. The number of thiocarbonyl (C=S) groups is 1. The molecule has 2 aromatic carbocycles. The number of hydrogen-bond donors (Lipinski definition) is 0. The highest BCUT2D eigenvalue weighted by atomic mass is 127. The van der Waals surface area contributed by atoms with Crippen LogP contribution < -0.4 is 9.47 Å². The second-order valence-corrected chi connectivity index (χ2v) is 9.52. The van der Waals surface area contributed by atoms with Crippen LogP contribution in [0.3, 0.4) is 0 Å². The first kappa shape index (κ1) is 23.9. The van der Waals surface area contributed by atoms with Crippen LogP contribution in [0.5, 0.6) is 11.5 Å². The minimum Gasteiger partial charge on any atom is -0.490 e. The molecular formula is C22H20I2N2O4S. The summed E-state index contributed by atoms with van der Waals surface area (Å²) in [6, 6.07) is 11.7. The predicted octanol–water partition coefficient (Wildman–Crippen LogP) is 4.47. The van der Waals surface area contributed by atoms with Crippen LogP contribution in [-0.4, -0.2) is 47.4 Å². The number of rotatable bonds is 6. The van der Waals surface area contributed by atoms with E-state index >= 15 is 0 Å². The van der Waals surface area contributed by atoms with E-state index in [1.807, 2.05) is 37.3 Å². The molecule has 9 heteroatoms. The quantitative estimate of drug-likeness (QED) is 0.198. The van der Waals surface area contributed by atoms with Crippen LogP contribution >= 0.6 is 57.4 Å². The summed E-state index contributed by atoms with van der Waals surface area (Å²) < 4.78 is 13.8. The zero-order valence-corrected chi connectivity index (χ0v) is 22.3. The molecule has 1 saturated heterocycles. The molecule has 0 radical (unpaired) electrons. The third-order valence-corrected chi connectivity index (χ3v) is 6.65. The van der Waals surface area contributed by atoms with Crippen LogP contribution in [0, 0.1) is 7.14 Å². The van der Waals surface area contributed by atoms with Crippen LogP contribution in [0.1, 0.15) is 18.1 Å². The zero-order valence-electron chi connectivity index (χ0n) is 17.1. The lowest BCUT2D eigenvalue weighted by Crippen LogP contribution is -2.52. The van der Waals surface area contributed by atoms with Gasteiger partial charge < -0.3 is 9.47 Å². The van der Waals surface area contributed by atoms with Crippen molar-refractivity contribution in [2.24, 2.45) is 0 Å². The molecule has 1 aliphatic rings. The molecule has 0 aromatic heterocycles. The molecule has 6 nitrogen and oxygen atoms in total. The van der Waals surface area contributed by atoms with Gasteiger partial charge in [0, 0.05) is 17.7 Å². The maximum absolute atomic E-state index is 12.6. The highest BCUT2D eigenvalue weighted by Crippen LogP contribution is 2.36. The first-order valence-electron chi connectivity index (χ1n) is 9.38. The molecule has 0 N–H and O–H groups in total. The van der Waals surface area contributed by atoms with Crippen molar-refractivity contribution in [1.29, 1.82) is 0 Å². The average molecular weight is 662 g/mol. The van der Waals surface area contributed by atoms with Gasteiger partial charge in [0.25, 0.3) is 11.8 Å². The lowest BCUT2D eigenvalue weighted by atomic mass is 10.1. The normalized spacial score (nSPS) is 14.2. The van der Waals surface area contributed by atoms with E-state index in [0.29, 0.717) is 30.3 Å². The highest BCUT2D eigenvalue weighted by Gasteiger charge is 2.35. The molecule has 31 heavy (non-hydrogen) atoms. The number of ether oxygens (including phenoxy) is 2. The van der Waals surface area contributed by atoms with E-state index in [2.05, 4.69) is 45.2 Å². The van der Waals surface area contributed by atoms with Gasteiger partial charge in [-0.25, -0.2) is 0 Å². The van der Waals surface area contributed by atoms with Gasteiger partial charge in [0.2, 0.25) is 0 Å². The highest BCUT2D eigenvalue weighted by molar-refractivity contribution is 14.1. The van der Waals surface area contributed by atoms with Crippen molar-refractivity contribution in [3.63, 3.8) is 0 Å². The maximum atomic E-state index is 12.6. The van der Waals surface area contributed by atoms with Gasteiger partial charge in [0.1, 0.15) is 12.2 Å². The number of halogens is 2. The molecule has 0 spiro atoms. The predicted molar refractivity (Wildman–Crippen MR) is 140 cm³/mol. The number of likely N-dealkylation sites (N-methyl/N-ethyl adjacent to an activating group) is 2. The Morgan fingerprint density at radius 3 is 2.19 bits per heavy atom. The van der Waals surface area contributed by atoms with Crippen LogP contribution in [-0.2, 0) is 16.2 Å². The van der Waals surface area contributed by atoms with E-state index in [-0.39, 0.29) is 10.7 Å². The fraction of sp³-hybridized carbons (Fsp3) is 0.227. The molecular weight excluding hydrogens is 642 g/mol. The summed E-state index contributed by atoms with van der Waals surface area (Å²) in [5, 5.41) is 0.177. The van der Waals surface area contributed by atoms with Crippen LogP contribution in [0.2, 0.25) is 0 Å². The molecule has 2 aromatic rings. The topological polar surface area (TPSA) is 59.1 Å². The van der Waals surface area contributed by atoms with Gasteiger partial charge in [-0.3, -0.25) is 19.4 Å². The second-order valence-electron chi connectivity index (χ2n) is 6.75. The molecule has 2 amide bonds. The van der Waals surface area contributed by atoms with Crippen LogP contribution in [0.25, 0.3) is 6.08 Å². The Hall–Kier alpha value is -1.73. The first-order chi connectivity index (χ1) is 14.7. The molecule has 162 valence electrons. The smallest absolute Gasteiger partial charge is 0.265 e. The third-order valence-electron chi connectivity index (χ3n) is 4.58. The summed E-state index contributed by atoms with van der Waals surface area (Å²) >= 11 is 9.57. The average Bonchev–Trinajstić information content (AvgIpc) is 2.75. The molecule has 3 rings (SSSR count). The molecule has 0 bridgehead atoms. The van der Waals surface area contributed by atoms with E-state index in [4.69, 9.17) is 21.7 Å². The van der Waals surface area contributed by atoms with E-state index in [1.54, 1.807) is 26.2 Å². The van der Waals surface area contributed by atoms with Gasteiger partial charge in [-0.1, -0.05) is 12.1 Å². The first-order valence-corrected chi connectivity index (χ1v) is 11.9. The fourth-order valence-electron chi connectivity index (χ4n) is 2.95. The van der Waals surface area contributed by atoms with Crippen molar-refractivity contribution < 1.29 is 19.1 Å². The Morgan fingerprint density at radius 2 is 1.61 bits per heavy atom. The lowest BCUT2D eigenvalue weighted by Gasteiger charge is -2.31. The Balaban J connectivity index is 1.93. The molecule has 1 heterocycles. The van der Waals surface area contributed by atoms with Gasteiger partial charge in [0.15, 0.2) is 16.6 Å². The zero-order chi connectivity index (χ0) is 22.7. The number of benzene rings is 2. The molecule has 1 fully saturated rings. The Kier molecular flexibility index (Phi) is 7.92. The minimum absolute atomic E-state index is 0.0457. The number of amides is 2. The monoisotopic (exact) mass is 662 g/mol. The van der Waals surface area contributed by atoms with Crippen LogP contribution in [0.15, 0.2) is 42.0 Å². The lowest BCUT2D eigenvalue weighted by molar-refractivity contribution is -0.132. The minimum atomic E-state index is -0.430. The molecule has 0 unspecified atom stereocenters. The molecule has 0 aliphatic carbocycles. The summed E-state index contributed by atoms with van der Waals surface area (Å²) in [7, 11) is 3.11. The third kappa shape index (κ3) is 5.37. The van der Waals surface area contributed by atoms with Crippen molar-refractivity contribution in [2.75, 3.05) is 20.7 Å². The number of carbonyl (C=O) groups excluding carboxylic acids is 2. The molecule has 0 atom stereocenters. The standard InChI is InChI=1S/C22H20I2N2O4S/c1-4-29-18-11-14(9-16-20(27)25(2)22(31)26(3)21(16)28)10-17(24)19(18)30-12-13-5-7-15(23)8-6-13/h5-11H,4,12H2,1-3H3. The number of nitrogens with zero attached hydrogens (tertiary/aromatic N) is 2. The Bertz CT molecular complexity index is 1040. The summed E-state index contributed by atoms with van der Waals surface area (Å²) in [5.74, 6) is 0.319. The van der Waals surface area contributed by atoms with E-state index in [9.17, 15) is 9.59 Å². The SMILES string of the molecule is CCOc1cc(C=C2C(=O)N(C)C(=S)N(C)C2=O)cc(I)c1OCc1ccc(I)cc1. The van der Waals surface area contributed by atoms with Crippen LogP contribution in [0.4, 0.5) is 0 Å². The van der Waals surface area contributed by atoms with Gasteiger partial charge >= 0.3 is 0 Å². The van der Waals surface area contributed by atoms with Gasteiger partial charge in [-0.2, -0.15) is 0 Å². The molecule has 0 saturated carbocycles. The summed E-state index contributed by atoms with van der Waals surface area (Å²) in [6.07, 6.45) is 1.56. The Labute approximate surface area is 213 Å². The van der Waals surface area contributed by atoms with E-state index in [0.717, 1.165) is 12.7 Å². The molecule has 1 aliphatic heterocycles. The van der Waals surface area contributed by atoms with Crippen molar-refractivity contribution in [3.8, 4) is 11.5 Å². The van der Waals surface area contributed by atoms with E-state index < -0.39 is 11.8 Å². The summed E-state index contributed by atoms with van der Waals surface area (Å²) in [6.45, 7) is 2.74. The maximum Gasteiger partial charge on any atom is 0.265 e. The van der Waals surface area contributed by atoms with Crippen molar-refractivity contribution >= 4 is 80.4 Å². The van der Waals surface area contributed by atoms with Crippen molar-refractivity contribution in [3.05, 3.63) is 60.2 Å². The number of hydrogen-bond acceptors (Lipinski definition) is 5. The van der Waals surface area contributed by atoms with E-state index in [1.165, 1.54) is 9.80 Å². The Morgan fingerprint density at radius 1 is 1.00 bits per heavy atom. The summed E-state index contributed by atoms with van der Waals surface area (Å²) in [5.41, 5.74) is 1.76.